The number of hydrogen-bond donors (Lipinski definition) is 0. The summed E-state index contributed by atoms with van der Waals surface area (Å²) in [5.41, 5.74) is 1.04. The summed E-state index contributed by atoms with van der Waals surface area (Å²) < 4.78 is 10.8. The number of carbonyl (C=O) groups excluding carboxylic acids is 1. The first-order chi connectivity index (χ1) is 12.7. The first kappa shape index (κ1) is 18.5. The molecular formula is C21H20O3S2. The van der Waals surface area contributed by atoms with Crippen molar-refractivity contribution in [3.05, 3.63) is 76.5 Å². The van der Waals surface area contributed by atoms with Crippen molar-refractivity contribution >= 4 is 28.9 Å². The number of benzene rings is 2. The Kier molecular flexibility index (Phi) is 6.36. The second-order valence-corrected chi connectivity index (χ2v) is 7.86. The van der Waals surface area contributed by atoms with Gasteiger partial charge in [0.1, 0.15) is 0 Å². The third kappa shape index (κ3) is 4.48. The number of thioether (sulfide) groups is 1. The van der Waals surface area contributed by atoms with E-state index in [1.807, 2.05) is 53.9 Å². The Balaban J connectivity index is 1.90. The van der Waals surface area contributed by atoms with Gasteiger partial charge in [0.25, 0.3) is 0 Å². The van der Waals surface area contributed by atoms with Gasteiger partial charge in [0.05, 0.1) is 19.1 Å². The quantitative estimate of drug-likeness (QED) is 0.359. The van der Waals surface area contributed by atoms with Gasteiger partial charge >= 0.3 is 0 Å². The number of methoxy groups -OCH3 is 2. The summed E-state index contributed by atoms with van der Waals surface area (Å²) in [4.78, 5) is 14.6. The van der Waals surface area contributed by atoms with Crippen LogP contribution in [0.25, 0.3) is 0 Å². The first-order valence-corrected chi connectivity index (χ1v) is 9.97. The number of rotatable bonds is 8. The third-order valence-electron chi connectivity index (χ3n) is 3.97. The molecule has 0 fully saturated rings. The highest BCUT2D eigenvalue weighted by Gasteiger charge is 2.21. The van der Waals surface area contributed by atoms with E-state index >= 15 is 0 Å². The van der Waals surface area contributed by atoms with Crippen molar-refractivity contribution in [2.75, 3.05) is 14.2 Å². The molecular weight excluding hydrogens is 364 g/mol. The van der Waals surface area contributed by atoms with Gasteiger partial charge in [-0.15, -0.1) is 23.1 Å². The number of carbonyl (C=O) groups is 1. The summed E-state index contributed by atoms with van der Waals surface area (Å²) in [6, 6.07) is 19.8. The normalized spacial score (nSPS) is 11.8. The highest BCUT2D eigenvalue weighted by atomic mass is 32.2. The van der Waals surface area contributed by atoms with Crippen LogP contribution in [0.2, 0.25) is 0 Å². The predicted molar refractivity (Wildman–Crippen MR) is 108 cm³/mol. The zero-order chi connectivity index (χ0) is 18.4. The van der Waals surface area contributed by atoms with Crippen LogP contribution in [0.5, 0.6) is 11.5 Å². The second kappa shape index (κ2) is 8.92. The molecule has 3 nitrogen and oxygen atoms in total. The Morgan fingerprint density at radius 3 is 2.42 bits per heavy atom. The number of hydrogen-bond acceptors (Lipinski definition) is 5. The van der Waals surface area contributed by atoms with E-state index in [0.29, 0.717) is 17.9 Å². The lowest BCUT2D eigenvalue weighted by Gasteiger charge is -2.18. The third-order valence-corrected chi connectivity index (χ3v) is 6.15. The van der Waals surface area contributed by atoms with E-state index in [9.17, 15) is 4.79 Å². The van der Waals surface area contributed by atoms with Gasteiger partial charge in [0, 0.05) is 16.6 Å². The summed E-state index contributed by atoms with van der Waals surface area (Å²) in [7, 11) is 3.24. The SMILES string of the molecule is COc1ccc([C@@H](CC(=O)c2cccs2)Sc2ccccc2)cc1OC. The van der Waals surface area contributed by atoms with Crippen molar-refractivity contribution in [1.29, 1.82) is 0 Å². The molecule has 0 aliphatic carbocycles. The molecule has 0 spiro atoms. The second-order valence-electron chi connectivity index (χ2n) is 5.64. The Labute approximate surface area is 162 Å². The molecule has 0 saturated carbocycles. The maximum Gasteiger partial charge on any atom is 0.174 e. The molecule has 26 heavy (non-hydrogen) atoms. The van der Waals surface area contributed by atoms with Gasteiger partial charge in [-0.3, -0.25) is 4.79 Å². The summed E-state index contributed by atoms with van der Waals surface area (Å²) in [5.74, 6) is 1.51. The first-order valence-electron chi connectivity index (χ1n) is 8.21. The van der Waals surface area contributed by atoms with Crippen LogP contribution in [0.3, 0.4) is 0 Å². The van der Waals surface area contributed by atoms with E-state index in [4.69, 9.17) is 9.47 Å². The molecule has 0 radical (unpaired) electrons. The fourth-order valence-corrected chi connectivity index (χ4v) is 4.49. The highest BCUT2D eigenvalue weighted by Crippen LogP contribution is 2.41. The van der Waals surface area contributed by atoms with E-state index in [0.717, 1.165) is 15.3 Å². The van der Waals surface area contributed by atoms with Crippen molar-refractivity contribution in [1.82, 2.24) is 0 Å². The van der Waals surface area contributed by atoms with E-state index in [2.05, 4.69) is 12.1 Å². The Morgan fingerprint density at radius 2 is 1.77 bits per heavy atom. The average molecular weight is 385 g/mol. The molecule has 1 aromatic heterocycles. The lowest BCUT2D eigenvalue weighted by Crippen LogP contribution is -2.04. The van der Waals surface area contributed by atoms with E-state index in [-0.39, 0.29) is 11.0 Å². The Morgan fingerprint density at radius 1 is 1.00 bits per heavy atom. The van der Waals surface area contributed by atoms with Crippen molar-refractivity contribution in [2.45, 2.75) is 16.6 Å². The largest absolute Gasteiger partial charge is 0.493 e. The van der Waals surface area contributed by atoms with Crippen LogP contribution in [0.1, 0.15) is 26.9 Å². The minimum atomic E-state index is -0.00759. The Hall–Kier alpha value is -2.24. The molecule has 134 valence electrons. The van der Waals surface area contributed by atoms with Gasteiger partial charge in [-0.25, -0.2) is 0 Å². The zero-order valence-electron chi connectivity index (χ0n) is 14.7. The average Bonchev–Trinajstić information content (AvgIpc) is 3.22. The molecule has 2 aromatic carbocycles. The van der Waals surface area contributed by atoms with Crippen molar-refractivity contribution in [3.63, 3.8) is 0 Å². The molecule has 0 N–H and O–H groups in total. The number of ether oxygens (including phenoxy) is 2. The molecule has 3 aromatic rings. The predicted octanol–water partition coefficient (Wildman–Crippen LogP) is 5.87. The number of Topliss-reactive ketones (excluding diaryl/α,β-unsaturated/α-hetero) is 1. The summed E-state index contributed by atoms with van der Waals surface area (Å²) >= 11 is 3.17. The fraction of sp³-hybridized carbons (Fsp3) is 0.190. The van der Waals surface area contributed by atoms with Crippen LogP contribution in [0.4, 0.5) is 0 Å². The van der Waals surface area contributed by atoms with Crippen LogP contribution in [-0.2, 0) is 0 Å². The minimum absolute atomic E-state index is 0.00759. The van der Waals surface area contributed by atoms with Gasteiger partial charge in [-0.05, 0) is 41.3 Å². The maximum atomic E-state index is 12.7. The van der Waals surface area contributed by atoms with E-state index < -0.39 is 0 Å². The standard InChI is InChI=1S/C21H20O3S2/c1-23-18-11-10-15(13-19(18)24-2)21(26-16-7-4-3-5-8-16)14-17(22)20-9-6-12-25-20/h3-13,21H,14H2,1-2H3/t21-/m1/s1. The maximum absolute atomic E-state index is 12.7. The molecule has 0 unspecified atom stereocenters. The lowest BCUT2D eigenvalue weighted by atomic mass is 10.1. The molecule has 0 aliphatic rings. The summed E-state index contributed by atoms with van der Waals surface area (Å²) in [6.45, 7) is 0. The van der Waals surface area contributed by atoms with Crippen molar-refractivity contribution in [3.8, 4) is 11.5 Å². The molecule has 5 heteroatoms. The van der Waals surface area contributed by atoms with E-state index in [1.165, 1.54) is 11.3 Å². The van der Waals surface area contributed by atoms with Gasteiger partial charge in [0.2, 0.25) is 0 Å². The van der Waals surface area contributed by atoms with Crippen molar-refractivity contribution < 1.29 is 14.3 Å². The molecule has 3 rings (SSSR count). The molecule has 0 amide bonds. The van der Waals surface area contributed by atoms with Crippen LogP contribution >= 0.6 is 23.1 Å². The Bertz CT molecular complexity index is 845. The molecule has 0 saturated heterocycles. The van der Waals surface area contributed by atoms with Crippen LogP contribution in [-0.4, -0.2) is 20.0 Å². The number of ketones is 1. The van der Waals surface area contributed by atoms with Crippen molar-refractivity contribution in [2.24, 2.45) is 0 Å². The lowest BCUT2D eigenvalue weighted by molar-refractivity contribution is 0.0986. The topological polar surface area (TPSA) is 35.5 Å². The summed E-state index contributed by atoms with van der Waals surface area (Å²) in [6.07, 6.45) is 0.426. The molecule has 0 aliphatic heterocycles. The van der Waals surface area contributed by atoms with E-state index in [1.54, 1.807) is 26.0 Å². The molecule has 1 atom stereocenters. The highest BCUT2D eigenvalue weighted by molar-refractivity contribution is 7.99. The smallest absolute Gasteiger partial charge is 0.174 e. The van der Waals surface area contributed by atoms with Gasteiger partial charge < -0.3 is 9.47 Å². The molecule has 1 heterocycles. The van der Waals surface area contributed by atoms with Gasteiger partial charge in [-0.1, -0.05) is 30.3 Å². The number of thiophene rings is 1. The monoisotopic (exact) mass is 384 g/mol. The van der Waals surface area contributed by atoms with Gasteiger partial charge in [-0.2, -0.15) is 0 Å². The van der Waals surface area contributed by atoms with Crippen LogP contribution in [0.15, 0.2) is 70.9 Å². The van der Waals surface area contributed by atoms with Crippen LogP contribution in [0, 0.1) is 0 Å². The fourth-order valence-electron chi connectivity index (χ4n) is 2.65. The summed E-state index contributed by atoms with van der Waals surface area (Å²) in [5, 5.41) is 1.93. The van der Waals surface area contributed by atoms with Crippen LogP contribution < -0.4 is 9.47 Å². The zero-order valence-corrected chi connectivity index (χ0v) is 16.3. The molecule has 0 bridgehead atoms. The van der Waals surface area contributed by atoms with Gasteiger partial charge in [0.15, 0.2) is 17.3 Å². The minimum Gasteiger partial charge on any atom is -0.493 e.